The van der Waals surface area contributed by atoms with E-state index in [1.165, 1.54) is 7.11 Å². The number of halogens is 1. The van der Waals surface area contributed by atoms with Crippen LogP contribution in [-0.2, 0) is 16.1 Å². The SMILES string of the molecule is COc1cc(C(=O)OCC(=O)N2CCCCC2)ccc1OCc1ccc(Cl)cc1. The minimum atomic E-state index is -0.571. The van der Waals surface area contributed by atoms with Gasteiger partial charge in [-0.2, -0.15) is 0 Å². The number of ether oxygens (including phenoxy) is 3. The molecule has 1 aliphatic heterocycles. The highest BCUT2D eigenvalue weighted by Crippen LogP contribution is 2.29. The largest absolute Gasteiger partial charge is 0.493 e. The molecule has 0 N–H and O–H groups in total. The molecule has 1 saturated heterocycles. The van der Waals surface area contributed by atoms with Crippen LogP contribution in [0.25, 0.3) is 0 Å². The number of hydrogen-bond donors (Lipinski definition) is 0. The third-order valence-corrected chi connectivity index (χ3v) is 4.99. The van der Waals surface area contributed by atoms with E-state index >= 15 is 0 Å². The van der Waals surface area contributed by atoms with Crippen LogP contribution < -0.4 is 9.47 Å². The predicted octanol–water partition coefficient (Wildman–Crippen LogP) is 4.10. The highest BCUT2D eigenvalue weighted by atomic mass is 35.5. The number of rotatable bonds is 7. The molecule has 1 fully saturated rings. The van der Waals surface area contributed by atoms with Crippen LogP contribution in [0.4, 0.5) is 0 Å². The number of carbonyl (C=O) groups is 2. The number of carbonyl (C=O) groups excluding carboxylic acids is 2. The molecule has 0 aromatic heterocycles. The lowest BCUT2D eigenvalue weighted by Crippen LogP contribution is -2.38. The summed E-state index contributed by atoms with van der Waals surface area (Å²) in [6.45, 7) is 1.53. The summed E-state index contributed by atoms with van der Waals surface area (Å²) in [6, 6.07) is 12.1. The maximum atomic E-state index is 12.3. The maximum Gasteiger partial charge on any atom is 0.338 e. The van der Waals surface area contributed by atoms with Gasteiger partial charge in [0.2, 0.25) is 0 Å². The molecule has 0 radical (unpaired) electrons. The molecule has 154 valence electrons. The van der Waals surface area contributed by atoms with Gasteiger partial charge in [-0.1, -0.05) is 23.7 Å². The van der Waals surface area contributed by atoms with E-state index in [0.717, 1.165) is 37.9 Å². The number of amides is 1. The zero-order valence-corrected chi connectivity index (χ0v) is 17.1. The quantitative estimate of drug-likeness (QED) is 0.634. The molecule has 7 heteroatoms. The zero-order chi connectivity index (χ0) is 20.6. The first-order chi connectivity index (χ1) is 14.1. The zero-order valence-electron chi connectivity index (χ0n) is 16.4. The van der Waals surface area contributed by atoms with Crippen molar-refractivity contribution in [1.82, 2.24) is 4.90 Å². The molecule has 0 unspecified atom stereocenters. The third kappa shape index (κ3) is 5.87. The van der Waals surface area contributed by atoms with Crippen molar-refractivity contribution in [2.75, 3.05) is 26.8 Å². The van der Waals surface area contributed by atoms with Gasteiger partial charge in [0.1, 0.15) is 6.61 Å². The van der Waals surface area contributed by atoms with Crippen LogP contribution in [-0.4, -0.2) is 43.6 Å². The number of methoxy groups -OCH3 is 1. The highest BCUT2D eigenvalue weighted by Gasteiger charge is 2.19. The summed E-state index contributed by atoms with van der Waals surface area (Å²) < 4.78 is 16.3. The summed E-state index contributed by atoms with van der Waals surface area (Å²) in [4.78, 5) is 26.2. The lowest BCUT2D eigenvalue weighted by atomic mass is 10.1. The number of piperidine rings is 1. The van der Waals surface area contributed by atoms with Crippen molar-refractivity contribution in [2.45, 2.75) is 25.9 Å². The monoisotopic (exact) mass is 417 g/mol. The van der Waals surface area contributed by atoms with Gasteiger partial charge in [-0.15, -0.1) is 0 Å². The van der Waals surface area contributed by atoms with E-state index in [2.05, 4.69) is 0 Å². The average Bonchev–Trinajstić information content (AvgIpc) is 2.77. The van der Waals surface area contributed by atoms with Gasteiger partial charge in [-0.05, 0) is 55.2 Å². The maximum absolute atomic E-state index is 12.3. The van der Waals surface area contributed by atoms with E-state index in [-0.39, 0.29) is 12.5 Å². The summed E-state index contributed by atoms with van der Waals surface area (Å²) in [5.74, 6) is 0.185. The second kappa shape index (κ2) is 10.2. The van der Waals surface area contributed by atoms with Crippen LogP contribution in [0.5, 0.6) is 11.5 Å². The van der Waals surface area contributed by atoms with Gasteiger partial charge in [0.05, 0.1) is 12.7 Å². The fraction of sp³-hybridized carbons (Fsp3) is 0.364. The van der Waals surface area contributed by atoms with E-state index in [0.29, 0.717) is 28.7 Å². The Kier molecular flexibility index (Phi) is 7.36. The molecule has 6 nitrogen and oxygen atoms in total. The molecule has 0 bridgehead atoms. The summed E-state index contributed by atoms with van der Waals surface area (Å²) in [6.07, 6.45) is 3.12. The first-order valence-electron chi connectivity index (χ1n) is 9.57. The van der Waals surface area contributed by atoms with Crippen molar-refractivity contribution in [2.24, 2.45) is 0 Å². The molecular formula is C22H24ClNO5. The van der Waals surface area contributed by atoms with E-state index in [9.17, 15) is 9.59 Å². The number of benzene rings is 2. The van der Waals surface area contributed by atoms with Gasteiger partial charge in [-0.3, -0.25) is 4.79 Å². The van der Waals surface area contributed by atoms with Gasteiger partial charge < -0.3 is 19.1 Å². The van der Waals surface area contributed by atoms with E-state index in [1.54, 1.807) is 35.2 Å². The topological polar surface area (TPSA) is 65.1 Å². The van der Waals surface area contributed by atoms with Gasteiger partial charge in [0.15, 0.2) is 18.1 Å². The fourth-order valence-corrected chi connectivity index (χ4v) is 3.23. The van der Waals surface area contributed by atoms with Crippen LogP contribution in [0.1, 0.15) is 35.2 Å². The Morgan fingerprint density at radius 2 is 1.72 bits per heavy atom. The molecule has 0 atom stereocenters. The summed E-state index contributed by atoms with van der Waals surface area (Å²) in [5.41, 5.74) is 1.25. The molecule has 1 heterocycles. The molecule has 0 aliphatic carbocycles. The van der Waals surface area contributed by atoms with Crippen LogP contribution in [0, 0.1) is 0 Å². The Labute approximate surface area is 175 Å². The molecule has 0 saturated carbocycles. The smallest absolute Gasteiger partial charge is 0.338 e. The van der Waals surface area contributed by atoms with Crippen molar-refractivity contribution >= 4 is 23.5 Å². The molecule has 1 amide bonds. The summed E-state index contributed by atoms with van der Waals surface area (Å²) >= 11 is 5.88. The molecule has 0 spiro atoms. The van der Waals surface area contributed by atoms with Crippen LogP contribution in [0.15, 0.2) is 42.5 Å². The van der Waals surface area contributed by atoms with Gasteiger partial charge >= 0.3 is 5.97 Å². The van der Waals surface area contributed by atoms with Crippen LogP contribution in [0.3, 0.4) is 0 Å². The van der Waals surface area contributed by atoms with Crippen LogP contribution in [0.2, 0.25) is 5.02 Å². The first-order valence-corrected chi connectivity index (χ1v) is 9.95. The minimum Gasteiger partial charge on any atom is -0.493 e. The minimum absolute atomic E-state index is 0.159. The molecule has 1 aliphatic rings. The normalized spacial score (nSPS) is 13.7. The molecular weight excluding hydrogens is 394 g/mol. The van der Waals surface area contributed by atoms with Crippen molar-refractivity contribution in [1.29, 1.82) is 0 Å². The molecule has 2 aromatic rings. The van der Waals surface area contributed by atoms with Crippen LogP contribution >= 0.6 is 11.6 Å². The van der Waals surface area contributed by atoms with E-state index < -0.39 is 5.97 Å². The Hall–Kier alpha value is -2.73. The van der Waals surface area contributed by atoms with E-state index in [1.807, 2.05) is 12.1 Å². The van der Waals surface area contributed by atoms with Gasteiger partial charge in [0, 0.05) is 18.1 Å². The number of likely N-dealkylation sites (tertiary alicyclic amines) is 1. The number of hydrogen-bond acceptors (Lipinski definition) is 5. The Morgan fingerprint density at radius 3 is 2.41 bits per heavy atom. The lowest BCUT2D eigenvalue weighted by Gasteiger charge is -2.26. The molecule has 2 aromatic carbocycles. The Bertz CT molecular complexity index is 847. The van der Waals surface area contributed by atoms with Gasteiger partial charge in [-0.25, -0.2) is 4.79 Å². The third-order valence-electron chi connectivity index (χ3n) is 4.74. The first kappa shape index (κ1) is 21.0. The second-order valence-corrected chi connectivity index (χ2v) is 7.23. The number of nitrogens with zero attached hydrogens (tertiary/aromatic N) is 1. The second-order valence-electron chi connectivity index (χ2n) is 6.80. The Morgan fingerprint density at radius 1 is 1.00 bits per heavy atom. The van der Waals surface area contributed by atoms with Crippen molar-refractivity contribution in [3.8, 4) is 11.5 Å². The number of esters is 1. The van der Waals surface area contributed by atoms with Crippen molar-refractivity contribution in [3.05, 3.63) is 58.6 Å². The average molecular weight is 418 g/mol. The van der Waals surface area contributed by atoms with E-state index in [4.69, 9.17) is 25.8 Å². The Balaban J connectivity index is 1.57. The van der Waals surface area contributed by atoms with Crippen molar-refractivity contribution in [3.63, 3.8) is 0 Å². The molecule has 3 rings (SSSR count). The standard InChI is InChI=1S/C22H24ClNO5/c1-27-20-13-17(22(26)29-15-21(25)24-11-3-2-4-12-24)7-10-19(20)28-14-16-5-8-18(23)9-6-16/h5-10,13H,2-4,11-12,14-15H2,1H3. The summed E-state index contributed by atoms with van der Waals surface area (Å²) in [7, 11) is 1.50. The van der Waals surface area contributed by atoms with Crippen molar-refractivity contribution < 1.29 is 23.8 Å². The highest BCUT2D eigenvalue weighted by molar-refractivity contribution is 6.30. The lowest BCUT2D eigenvalue weighted by molar-refractivity contribution is -0.135. The summed E-state index contributed by atoms with van der Waals surface area (Å²) in [5, 5.41) is 0.660. The predicted molar refractivity (Wildman–Crippen MR) is 109 cm³/mol. The molecule has 29 heavy (non-hydrogen) atoms. The fourth-order valence-electron chi connectivity index (χ4n) is 3.10. The van der Waals surface area contributed by atoms with Gasteiger partial charge in [0.25, 0.3) is 5.91 Å².